The summed E-state index contributed by atoms with van der Waals surface area (Å²) in [5.74, 6) is -0.200. The molecule has 0 saturated heterocycles. The summed E-state index contributed by atoms with van der Waals surface area (Å²) in [5.41, 5.74) is 0.775. The van der Waals surface area contributed by atoms with Crippen molar-refractivity contribution in [2.75, 3.05) is 7.11 Å². The van der Waals surface area contributed by atoms with E-state index in [9.17, 15) is 4.79 Å². The van der Waals surface area contributed by atoms with Crippen molar-refractivity contribution >= 4 is 5.97 Å². The molecule has 0 heterocycles. The predicted molar refractivity (Wildman–Crippen MR) is 68.3 cm³/mol. The van der Waals surface area contributed by atoms with Crippen molar-refractivity contribution in [1.29, 1.82) is 0 Å². The highest BCUT2D eigenvalue weighted by Crippen LogP contribution is 2.09. The molecule has 0 aliphatic rings. The van der Waals surface area contributed by atoms with Crippen molar-refractivity contribution in [3.05, 3.63) is 23.8 Å². The lowest BCUT2D eigenvalue weighted by Crippen LogP contribution is -2.04. The zero-order valence-corrected chi connectivity index (χ0v) is 10.8. The van der Waals surface area contributed by atoms with Crippen LogP contribution in [0.15, 0.2) is 23.8 Å². The van der Waals surface area contributed by atoms with Gasteiger partial charge in [-0.05, 0) is 19.3 Å². The summed E-state index contributed by atoms with van der Waals surface area (Å²) in [6, 6.07) is 0. The smallest absolute Gasteiger partial charge is 0.333 e. The zero-order valence-electron chi connectivity index (χ0n) is 10.8. The molecule has 0 radical (unpaired) electrons. The van der Waals surface area contributed by atoms with Gasteiger partial charge >= 0.3 is 5.97 Å². The molecule has 0 bridgehead atoms. The van der Waals surface area contributed by atoms with Gasteiger partial charge < -0.3 is 4.74 Å². The van der Waals surface area contributed by atoms with Crippen molar-refractivity contribution in [2.24, 2.45) is 0 Å². The quantitative estimate of drug-likeness (QED) is 0.269. The topological polar surface area (TPSA) is 26.3 Å². The van der Waals surface area contributed by atoms with Gasteiger partial charge in [0.05, 0.1) is 7.11 Å². The van der Waals surface area contributed by atoms with E-state index in [2.05, 4.69) is 19.9 Å². The fourth-order valence-electron chi connectivity index (χ4n) is 1.35. The van der Waals surface area contributed by atoms with E-state index in [1.165, 1.54) is 20.0 Å². The van der Waals surface area contributed by atoms with Crippen LogP contribution in [0.5, 0.6) is 0 Å². The molecule has 0 fully saturated rings. The Morgan fingerprint density at radius 2 is 1.88 bits per heavy atom. The lowest BCUT2D eigenvalue weighted by atomic mass is 10.1. The van der Waals surface area contributed by atoms with Gasteiger partial charge in [-0.3, -0.25) is 0 Å². The van der Waals surface area contributed by atoms with Crippen LogP contribution in [0.2, 0.25) is 0 Å². The molecule has 0 amide bonds. The molecule has 0 aliphatic carbocycles. The molecule has 0 spiro atoms. The first-order chi connectivity index (χ1) is 7.76. The summed E-state index contributed by atoms with van der Waals surface area (Å²) in [7, 11) is 1.43. The number of unbranched alkanes of at least 4 members (excludes halogenated alkanes) is 3. The molecule has 0 rings (SSSR count). The summed E-state index contributed by atoms with van der Waals surface area (Å²) in [6.07, 6.45) is 12.4. The molecule has 0 aliphatic heterocycles. The van der Waals surface area contributed by atoms with Gasteiger partial charge in [-0.1, -0.05) is 51.3 Å². The Kier molecular flexibility index (Phi) is 9.78. The number of allylic oxidation sites excluding steroid dienone is 3. The number of carbonyl (C=O) groups is 1. The minimum absolute atomic E-state index is 0.200. The average molecular weight is 224 g/mol. The summed E-state index contributed by atoms with van der Waals surface area (Å²) in [6.45, 7) is 4.29. The van der Waals surface area contributed by atoms with Crippen LogP contribution in [0.25, 0.3) is 0 Å². The van der Waals surface area contributed by atoms with E-state index < -0.39 is 0 Å². The maximum atomic E-state index is 11.4. The van der Waals surface area contributed by atoms with E-state index in [0.717, 1.165) is 31.3 Å². The number of carbonyl (C=O) groups excluding carboxylic acids is 1. The van der Waals surface area contributed by atoms with Crippen LogP contribution in [0.3, 0.4) is 0 Å². The second kappa shape index (κ2) is 10.5. The van der Waals surface area contributed by atoms with Gasteiger partial charge in [0, 0.05) is 5.57 Å². The normalized spacial score (nSPS) is 12.1. The molecule has 0 atom stereocenters. The van der Waals surface area contributed by atoms with Crippen LogP contribution in [-0.4, -0.2) is 13.1 Å². The highest BCUT2D eigenvalue weighted by Gasteiger charge is 2.06. The number of ether oxygens (including phenoxy) is 1. The fraction of sp³-hybridized carbons (Fsp3) is 0.643. The highest BCUT2D eigenvalue weighted by molar-refractivity contribution is 5.88. The first-order valence-electron chi connectivity index (χ1n) is 6.20. The number of hydrogen-bond acceptors (Lipinski definition) is 2. The van der Waals surface area contributed by atoms with Gasteiger partial charge in [0.25, 0.3) is 0 Å². The van der Waals surface area contributed by atoms with Gasteiger partial charge in [-0.2, -0.15) is 0 Å². The Morgan fingerprint density at radius 1 is 1.19 bits per heavy atom. The van der Waals surface area contributed by atoms with Crippen LogP contribution in [0.1, 0.15) is 52.4 Å². The van der Waals surface area contributed by atoms with Gasteiger partial charge in [0.15, 0.2) is 0 Å². The molecule has 2 nitrogen and oxygen atoms in total. The monoisotopic (exact) mass is 224 g/mol. The van der Waals surface area contributed by atoms with Crippen LogP contribution in [0, 0.1) is 0 Å². The lowest BCUT2D eigenvalue weighted by molar-refractivity contribution is -0.136. The SMILES string of the molecule is CCCC/C=C/C=C(\CCCC)C(=O)OC. The van der Waals surface area contributed by atoms with E-state index in [0.29, 0.717) is 0 Å². The Morgan fingerprint density at radius 3 is 2.44 bits per heavy atom. The molecule has 0 N–H and O–H groups in total. The standard InChI is InChI=1S/C14H24O2/c1-4-6-8-9-10-12-13(11-7-5-2)14(15)16-3/h9-10,12H,4-8,11H2,1-3H3/b10-9+,13-12+. The molecule has 92 valence electrons. The van der Waals surface area contributed by atoms with Gasteiger partial charge in [-0.15, -0.1) is 0 Å². The molecule has 0 aromatic heterocycles. The van der Waals surface area contributed by atoms with Gasteiger partial charge in [0.1, 0.15) is 0 Å². The van der Waals surface area contributed by atoms with Crippen LogP contribution < -0.4 is 0 Å². The molecule has 0 unspecified atom stereocenters. The average Bonchev–Trinajstić information content (AvgIpc) is 2.31. The third-order valence-electron chi connectivity index (χ3n) is 2.41. The first kappa shape index (κ1) is 14.9. The van der Waals surface area contributed by atoms with E-state index in [1.807, 2.05) is 12.2 Å². The molecular weight excluding hydrogens is 200 g/mol. The zero-order chi connectivity index (χ0) is 12.2. The van der Waals surface area contributed by atoms with Crippen LogP contribution in [0.4, 0.5) is 0 Å². The summed E-state index contributed by atoms with van der Waals surface area (Å²) in [4.78, 5) is 11.4. The van der Waals surface area contributed by atoms with Crippen molar-refractivity contribution in [3.63, 3.8) is 0 Å². The minimum Gasteiger partial charge on any atom is -0.466 e. The third-order valence-corrected chi connectivity index (χ3v) is 2.41. The lowest BCUT2D eigenvalue weighted by Gasteiger charge is -2.02. The molecule has 0 aromatic carbocycles. The molecule has 2 heteroatoms. The van der Waals surface area contributed by atoms with Crippen molar-refractivity contribution in [1.82, 2.24) is 0 Å². The summed E-state index contributed by atoms with van der Waals surface area (Å²) in [5, 5.41) is 0. The number of rotatable bonds is 8. The summed E-state index contributed by atoms with van der Waals surface area (Å²) >= 11 is 0. The van der Waals surface area contributed by atoms with E-state index in [-0.39, 0.29) is 5.97 Å². The van der Waals surface area contributed by atoms with Gasteiger partial charge in [-0.25, -0.2) is 4.79 Å². The van der Waals surface area contributed by atoms with Crippen molar-refractivity contribution in [2.45, 2.75) is 52.4 Å². The second-order valence-electron chi connectivity index (χ2n) is 3.86. The fourth-order valence-corrected chi connectivity index (χ4v) is 1.35. The van der Waals surface area contributed by atoms with Crippen molar-refractivity contribution in [3.8, 4) is 0 Å². The maximum absolute atomic E-state index is 11.4. The van der Waals surface area contributed by atoms with Crippen LogP contribution in [-0.2, 0) is 9.53 Å². The number of hydrogen-bond donors (Lipinski definition) is 0. The number of esters is 1. The van der Waals surface area contributed by atoms with Gasteiger partial charge in [0.2, 0.25) is 0 Å². The Bertz CT molecular complexity index is 239. The predicted octanol–water partition coefficient (Wildman–Crippen LogP) is 4.02. The summed E-state index contributed by atoms with van der Waals surface area (Å²) < 4.78 is 4.75. The van der Waals surface area contributed by atoms with Crippen molar-refractivity contribution < 1.29 is 9.53 Å². The Balaban J connectivity index is 4.20. The van der Waals surface area contributed by atoms with E-state index >= 15 is 0 Å². The Labute approximate surface area is 99.4 Å². The maximum Gasteiger partial charge on any atom is 0.333 e. The Hall–Kier alpha value is -1.05. The minimum atomic E-state index is -0.200. The number of methoxy groups -OCH3 is 1. The molecule has 0 saturated carbocycles. The molecule has 0 aromatic rings. The van der Waals surface area contributed by atoms with E-state index in [4.69, 9.17) is 4.74 Å². The molecular formula is C14H24O2. The van der Waals surface area contributed by atoms with E-state index in [1.54, 1.807) is 0 Å². The second-order valence-corrected chi connectivity index (χ2v) is 3.86. The first-order valence-corrected chi connectivity index (χ1v) is 6.20. The van der Waals surface area contributed by atoms with Crippen LogP contribution >= 0.6 is 0 Å². The highest BCUT2D eigenvalue weighted by atomic mass is 16.5. The largest absolute Gasteiger partial charge is 0.466 e. The molecule has 16 heavy (non-hydrogen) atoms. The third kappa shape index (κ3) is 7.27.